The molecule has 2 amide bonds. The SMILES string of the molecule is CC1(C)OB(c2ccc(N3C[C@H]4CN(c5ccc(C6CCC(=O)NC6=O)cc5F)[C@H]4C3)c(F)c2)OC1(C)C. The molecule has 1 unspecified atom stereocenters. The fourth-order valence-electron chi connectivity index (χ4n) is 6.00. The Hall–Kier alpha value is -2.98. The normalized spacial score (nSPS) is 27.8. The van der Waals surface area contributed by atoms with Crippen LogP contribution in [0.15, 0.2) is 36.4 Å². The molecule has 0 radical (unpaired) electrons. The predicted octanol–water partition coefficient (Wildman–Crippen LogP) is 3.11. The van der Waals surface area contributed by atoms with Gasteiger partial charge in [0.25, 0.3) is 0 Å². The molecule has 4 aliphatic heterocycles. The Bertz CT molecular complexity index is 1300. The van der Waals surface area contributed by atoms with Gasteiger partial charge in [-0.05, 0) is 69.4 Å². The van der Waals surface area contributed by atoms with E-state index >= 15 is 8.78 Å². The number of rotatable bonds is 4. The number of amides is 2. The van der Waals surface area contributed by atoms with Crippen molar-refractivity contribution in [2.24, 2.45) is 5.92 Å². The van der Waals surface area contributed by atoms with Crippen LogP contribution >= 0.6 is 0 Å². The van der Waals surface area contributed by atoms with Gasteiger partial charge in [-0.1, -0.05) is 12.1 Å². The zero-order valence-corrected chi connectivity index (χ0v) is 22.1. The highest BCUT2D eigenvalue weighted by Gasteiger charge is 2.52. The molecule has 4 heterocycles. The van der Waals surface area contributed by atoms with E-state index in [2.05, 4.69) is 5.32 Å². The monoisotopic (exact) mass is 523 g/mol. The number of nitrogens with zero attached hydrogens (tertiary/aromatic N) is 2. The third-order valence-electron chi connectivity index (χ3n) is 9.00. The van der Waals surface area contributed by atoms with E-state index in [0.29, 0.717) is 54.4 Å². The van der Waals surface area contributed by atoms with Crippen LogP contribution in [0.5, 0.6) is 0 Å². The van der Waals surface area contributed by atoms with Crippen molar-refractivity contribution in [2.45, 2.75) is 63.7 Å². The van der Waals surface area contributed by atoms with Gasteiger partial charge in [0.15, 0.2) is 0 Å². The van der Waals surface area contributed by atoms with Crippen LogP contribution < -0.4 is 20.6 Å². The van der Waals surface area contributed by atoms with Gasteiger partial charge in [-0.2, -0.15) is 0 Å². The highest BCUT2D eigenvalue weighted by atomic mass is 19.1. The standard InChI is InChI=1S/C28H32BF2N3O4/c1-27(2)28(3,4)38-29(37-27)18-6-9-22(21(31)12-18)33-13-17-14-34(24(17)15-33)23-8-5-16(11-20(23)30)19-7-10-25(35)32-26(19)36/h5-6,8-9,11-12,17,19,24H,7,10,13-15H2,1-4H3,(H,32,35,36)/t17-,19?,24-/m0/s1. The largest absolute Gasteiger partial charge is 0.494 e. The van der Waals surface area contributed by atoms with E-state index in [1.54, 1.807) is 18.2 Å². The number of imide groups is 1. The summed E-state index contributed by atoms with van der Waals surface area (Å²) in [7, 11) is -0.625. The van der Waals surface area contributed by atoms with E-state index in [1.807, 2.05) is 43.6 Å². The number of carbonyl (C=O) groups is 2. The van der Waals surface area contributed by atoms with Crippen molar-refractivity contribution in [1.82, 2.24) is 5.32 Å². The number of nitrogens with one attached hydrogen (secondary N) is 1. The van der Waals surface area contributed by atoms with Crippen molar-refractivity contribution >= 4 is 35.8 Å². The van der Waals surface area contributed by atoms with Gasteiger partial charge in [-0.25, -0.2) is 8.78 Å². The molecular weight excluding hydrogens is 491 g/mol. The highest BCUT2D eigenvalue weighted by molar-refractivity contribution is 6.62. The van der Waals surface area contributed by atoms with Gasteiger partial charge in [0.05, 0.1) is 34.5 Å². The number of carbonyl (C=O) groups excluding carboxylic acids is 2. The van der Waals surface area contributed by atoms with Gasteiger partial charge in [0.2, 0.25) is 11.8 Å². The van der Waals surface area contributed by atoms with Crippen molar-refractivity contribution in [3.8, 4) is 0 Å². The third-order valence-corrected chi connectivity index (χ3v) is 9.00. The molecule has 4 fully saturated rings. The van der Waals surface area contributed by atoms with Crippen molar-refractivity contribution in [3.63, 3.8) is 0 Å². The first-order valence-electron chi connectivity index (χ1n) is 13.2. The van der Waals surface area contributed by atoms with Gasteiger partial charge in [-0.15, -0.1) is 0 Å². The molecule has 0 aliphatic carbocycles. The van der Waals surface area contributed by atoms with Crippen LogP contribution in [0.4, 0.5) is 20.2 Å². The van der Waals surface area contributed by atoms with Gasteiger partial charge in [0, 0.05) is 32.0 Å². The Labute approximate surface area is 221 Å². The Morgan fingerprint density at radius 2 is 1.61 bits per heavy atom. The highest BCUT2D eigenvalue weighted by Crippen LogP contribution is 2.41. The van der Waals surface area contributed by atoms with Crippen LogP contribution in [0.25, 0.3) is 0 Å². The lowest BCUT2D eigenvalue weighted by atomic mass is 9.79. The summed E-state index contributed by atoms with van der Waals surface area (Å²) in [5.74, 6) is -1.60. The van der Waals surface area contributed by atoms with Crippen LogP contribution in [-0.2, 0) is 18.9 Å². The molecule has 7 nitrogen and oxygen atoms in total. The summed E-state index contributed by atoms with van der Waals surface area (Å²) in [6.07, 6.45) is 0.630. The van der Waals surface area contributed by atoms with Gasteiger partial charge in [-0.3, -0.25) is 14.9 Å². The molecule has 10 heteroatoms. The van der Waals surface area contributed by atoms with Crippen LogP contribution in [-0.4, -0.2) is 55.8 Å². The van der Waals surface area contributed by atoms with E-state index in [0.717, 1.165) is 0 Å². The average molecular weight is 523 g/mol. The van der Waals surface area contributed by atoms with Crippen molar-refractivity contribution < 1.29 is 27.7 Å². The summed E-state index contributed by atoms with van der Waals surface area (Å²) >= 11 is 0. The number of hydrogen-bond acceptors (Lipinski definition) is 6. The fourth-order valence-corrected chi connectivity index (χ4v) is 6.00. The number of hydrogen-bond donors (Lipinski definition) is 1. The smallest absolute Gasteiger partial charge is 0.399 e. The molecule has 200 valence electrons. The zero-order valence-electron chi connectivity index (χ0n) is 22.1. The quantitative estimate of drug-likeness (QED) is 0.491. The molecule has 38 heavy (non-hydrogen) atoms. The molecule has 6 rings (SSSR count). The number of anilines is 2. The Morgan fingerprint density at radius 3 is 2.26 bits per heavy atom. The molecule has 2 aromatic rings. The van der Waals surface area contributed by atoms with Gasteiger partial charge < -0.3 is 19.1 Å². The Morgan fingerprint density at radius 1 is 0.921 bits per heavy atom. The summed E-state index contributed by atoms with van der Waals surface area (Å²) in [6.45, 7) is 9.84. The maximum absolute atomic E-state index is 15.3. The molecule has 2 aromatic carbocycles. The molecule has 0 saturated carbocycles. The second-order valence-corrected chi connectivity index (χ2v) is 11.9. The summed E-state index contributed by atoms with van der Waals surface area (Å²) in [5.41, 5.74) is 1.23. The van der Waals surface area contributed by atoms with Crippen LogP contribution in [0.3, 0.4) is 0 Å². The second-order valence-electron chi connectivity index (χ2n) is 11.9. The summed E-state index contributed by atoms with van der Waals surface area (Å²) in [4.78, 5) is 27.7. The summed E-state index contributed by atoms with van der Waals surface area (Å²) in [5, 5.41) is 2.33. The number of benzene rings is 2. The number of piperidine rings is 1. The first kappa shape index (κ1) is 25.3. The Balaban J connectivity index is 1.14. The topological polar surface area (TPSA) is 71.1 Å². The van der Waals surface area contributed by atoms with E-state index in [4.69, 9.17) is 9.31 Å². The lowest BCUT2D eigenvalue weighted by Crippen LogP contribution is -2.56. The molecular formula is C28H32BF2N3O4. The molecule has 4 saturated heterocycles. The molecule has 0 bridgehead atoms. The minimum absolute atomic E-state index is 0.0770. The van der Waals surface area contributed by atoms with E-state index < -0.39 is 24.2 Å². The van der Waals surface area contributed by atoms with E-state index in [-0.39, 0.29) is 35.9 Å². The minimum Gasteiger partial charge on any atom is -0.399 e. The maximum atomic E-state index is 15.3. The molecule has 3 atom stereocenters. The fraction of sp³-hybridized carbons (Fsp3) is 0.500. The van der Waals surface area contributed by atoms with E-state index in [1.165, 1.54) is 12.1 Å². The van der Waals surface area contributed by atoms with Crippen LogP contribution in [0, 0.1) is 17.6 Å². The number of halogens is 2. The molecule has 0 aromatic heterocycles. The lowest BCUT2D eigenvalue weighted by molar-refractivity contribution is -0.134. The van der Waals surface area contributed by atoms with Crippen molar-refractivity contribution in [1.29, 1.82) is 0 Å². The molecule has 0 spiro atoms. The van der Waals surface area contributed by atoms with Crippen LogP contribution in [0.1, 0.15) is 52.0 Å². The lowest BCUT2D eigenvalue weighted by Gasteiger charge is -2.45. The first-order chi connectivity index (χ1) is 17.9. The van der Waals surface area contributed by atoms with Gasteiger partial charge in [0.1, 0.15) is 11.6 Å². The minimum atomic E-state index is -0.625. The summed E-state index contributed by atoms with van der Waals surface area (Å²) < 4.78 is 42.6. The molecule has 4 aliphatic rings. The van der Waals surface area contributed by atoms with Gasteiger partial charge >= 0.3 is 7.12 Å². The maximum Gasteiger partial charge on any atom is 0.494 e. The predicted molar refractivity (Wildman–Crippen MR) is 140 cm³/mol. The van der Waals surface area contributed by atoms with E-state index in [9.17, 15) is 9.59 Å². The second kappa shape index (κ2) is 8.78. The summed E-state index contributed by atoms with van der Waals surface area (Å²) in [6, 6.07) is 10.1. The average Bonchev–Trinajstić information content (AvgIpc) is 3.26. The molecule has 1 N–H and O–H groups in total. The Kier molecular flexibility index (Phi) is 5.85. The zero-order chi connectivity index (χ0) is 27.0. The van der Waals surface area contributed by atoms with Crippen LogP contribution in [0.2, 0.25) is 0 Å². The van der Waals surface area contributed by atoms with Crippen molar-refractivity contribution in [3.05, 3.63) is 53.6 Å². The first-order valence-corrected chi connectivity index (χ1v) is 13.2. The van der Waals surface area contributed by atoms with Crippen molar-refractivity contribution in [2.75, 3.05) is 29.4 Å². The third kappa shape index (κ3) is 4.09. The number of fused-ring (bicyclic) bond motifs is 1.